The summed E-state index contributed by atoms with van der Waals surface area (Å²) in [6.07, 6.45) is 0.520. The molecule has 0 saturated carbocycles. The van der Waals surface area contributed by atoms with E-state index in [1.165, 1.54) is 5.56 Å². The lowest BCUT2D eigenvalue weighted by molar-refractivity contribution is -0.170. The SMILES string of the molecule is CNC(=O)Nc1ccccc1C1CCN(CC[C@H](CN(C)C(=O)c2cc(C#N)cc3ccccc23)c2ccc(Cl)c(Cl)c2)CC1.O=C(O)CC(O)(CC(=O)O)C(=O)O. The molecule has 1 aliphatic rings. The van der Waals surface area contributed by atoms with Crippen LogP contribution in [0.5, 0.6) is 0 Å². The minimum absolute atomic E-state index is 0.0225. The number of aliphatic hydroxyl groups is 1. The standard InChI is InChI=1S/C36H37Cl2N5O2.C6H8O7/c1-40-36(45)41-34-10-6-5-9-30(34)25-13-16-43(17-14-25)18-15-28(26-11-12-32(37)33(38)21-26)23-42(2)35(44)31-20-24(22-39)19-27-7-3-4-8-29(27)31;7-3(8)1-6(13,5(11)12)2-4(9)10/h3-12,19-21,25,28H,13-18,23H2,1-2H3,(H2,40,41,45);13H,1-2H2,(H,7,8)(H,9,10)(H,11,12)/t28-;/m1./s1. The quantitative estimate of drug-likeness (QED) is 0.0790. The van der Waals surface area contributed by atoms with Crippen molar-refractivity contribution in [3.8, 4) is 6.07 Å². The van der Waals surface area contributed by atoms with Crippen LogP contribution in [0.2, 0.25) is 10.0 Å². The third kappa shape index (κ3) is 12.1. The highest BCUT2D eigenvalue weighted by molar-refractivity contribution is 6.42. The molecule has 14 nitrogen and oxygen atoms in total. The van der Waals surface area contributed by atoms with Gasteiger partial charge in [0.25, 0.3) is 5.91 Å². The van der Waals surface area contributed by atoms with E-state index in [9.17, 15) is 29.2 Å². The van der Waals surface area contributed by atoms with E-state index in [2.05, 4.69) is 27.7 Å². The Morgan fingerprint density at radius 3 is 2.16 bits per heavy atom. The van der Waals surface area contributed by atoms with Gasteiger partial charge < -0.3 is 40.9 Å². The Hall–Kier alpha value is -5.72. The van der Waals surface area contributed by atoms with Crippen LogP contribution in [0.4, 0.5) is 10.5 Å². The molecule has 0 bridgehead atoms. The molecule has 1 fully saturated rings. The molecule has 58 heavy (non-hydrogen) atoms. The molecule has 1 aliphatic heterocycles. The molecule has 6 N–H and O–H groups in total. The lowest BCUT2D eigenvalue weighted by Gasteiger charge is -2.34. The highest BCUT2D eigenvalue weighted by atomic mass is 35.5. The predicted molar refractivity (Wildman–Crippen MR) is 219 cm³/mol. The van der Waals surface area contributed by atoms with E-state index in [1.54, 1.807) is 18.0 Å². The maximum Gasteiger partial charge on any atom is 0.336 e. The Morgan fingerprint density at radius 2 is 1.55 bits per heavy atom. The van der Waals surface area contributed by atoms with Gasteiger partial charge in [0.2, 0.25) is 0 Å². The molecule has 4 aromatic rings. The molecule has 0 spiro atoms. The number of fused-ring (bicyclic) bond motifs is 1. The fourth-order valence-corrected chi connectivity index (χ4v) is 7.28. The minimum atomic E-state index is -2.74. The number of anilines is 1. The summed E-state index contributed by atoms with van der Waals surface area (Å²) in [5, 5.41) is 51.7. The zero-order valence-corrected chi connectivity index (χ0v) is 33.5. The molecular weight excluding hydrogens is 789 g/mol. The number of carboxylic acids is 3. The van der Waals surface area contributed by atoms with Gasteiger partial charge in [-0.3, -0.25) is 14.4 Å². The third-order valence-corrected chi connectivity index (χ3v) is 10.8. The van der Waals surface area contributed by atoms with E-state index in [-0.39, 0.29) is 17.9 Å². The van der Waals surface area contributed by atoms with Crippen LogP contribution in [-0.4, -0.2) is 106 Å². The van der Waals surface area contributed by atoms with Crippen molar-refractivity contribution in [2.45, 2.75) is 49.5 Å². The van der Waals surface area contributed by atoms with Gasteiger partial charge in [-0.25, -0.2) is 9.59 Å². The van der Waals surface area contributed by atoms with Crippen LogP contribution in [0.3, 0.4) is 0 Å². The summed E-state index contributed by atoms with van der Waals surface area (Å²) in [7, 11) is 3.43. The van der Waals surface area contributed by atoms with Crippen LogP contribution in [0, 0.1) is 11.3 Å². The number of urea groups is 1. The lowest BCUT2D eigenvalue weighted by Crippen LogP contribution is -2.42. The summed E-state index contributed by atoms with van der Waals surface area (Å²) >= 11 is 12.7. The number of nitriles is 1. The summed E-state index contributed by atoms with van der Waals surface area (Å²) < 4.78 is 0. The maximum atomic E-state index is 13.8. The first-order chi connectivity index (χ1) is 27.5. The Morgan fingerprint density at radius 1 is 0.914 bits per heavy atom. The van der Waals surface area contributed by atoms with Crippen molar-refractivity contribution in [1.82, 2.24) is 15.1 Å². The number of aliphatic carboxylic acids is 3. The molecule has 0 unspecified atom stereocenters. The van der Waals surface area contributed by atoms with Gasteiger partial charge in [0, 0.05) is 37.8 Å². The van der Waals surface area contributed by atoms with Crippen molar-refractivity contribution < 1.29 is 44.4 Å². The van der Waals surface area contributed by atoms with Crippen LogP contribution < -0.4 is 10.6 Å². The smallest absolute Gasteiger partial charge is 0.336 e. The van der Waals surface area contributed by atoms with Crippen LogP contribution >= 0.6 is 23.2 Å². The van der Waals surface area contributed by atoms with Crippen LogP contribution in [0.1, 0.15) is 71.0 Å². The van der Waals surface area contributed by atoms with Crippen molar-refractivity contribution in [2.75, 3.05) is 45.6 Å². The molecule has 1 heterocycles. The number of likely N-dealkylation sites (tertiary alicyclic amines) is 1. The molecule has 306 valence electrons. The molecule has 1 saturated heterocycles. The molecule has 3 amide bonds. The number of likely N-dealkylation sites (N-methyl/N-ethyl adjacent to an activating group) is 1. The second-order valence-corrected chi connectivity index (χ2v) is 14.9. The van der Waals surface area contributed by atoms with E-state index in [0.29, 0.717) is 33.6 Å². The molecule has 1 atom stereocenters. The summed E-state index contributed by atoms with van der Waals surface area (Å²) in [6, 6.07) is 26.9. The van der Waals surface area contributed by atoms with Crippen molar-refractivity contribution in [3.63, 3.8) is 0 Å². The van der Waals surface area contributed by atoms with E-state index in [4.69, 9.17) is 43.6 Å². The second kappa shape index (κ2) is 20.6. The summed E-state index contributed by atoms with van der Waals surface area (Å²) in [5.41, 5.74) is 1.30. The largest absolute Gasteiger partial charge is 0.481 e. The minimum Gasteiger partial charge on any atom is -0.481 e. The molecule has 16 heteroatoms. The number of benzene rings is 4. The Kier molecular flexibility index (Phi) is 16.0. The Labute approximate surface area is 345 Å². The molecular formula is C42H45Cl2N5O9. The number of carbonyl (C=O) groups excluding carboxylic acids is 2. The first-order valence-electron chi connectivity index (χ1n) is 18.4. The fraction of sp³-hybridized carbons (Fsp3) is 0.333. The molecule has 4 aromatic carbocycles. The van der Waals surface area contributed by atoms with Gasteiger partial charge in [-0.1, -0.05) is 71.7 Å². The molecule has 0 aromatic heterocycles. The van der Waals surface area contributed by atoms with E-state index in [0.717, 1.165) is 60.9 Å². The summed E-state index contributed by atoms with van der Waals surface area (Å²) in [4.78, 5) is 60.5. The number of piperidine rings is 1. The van der Waals surface area contributed by atoms with Crippen molar-refractivity contribution in [1.29, 1.82) is 5.26 Å². The monoisotopic (exact) mass is 833 g/mol. The van der Waals surface area contributed by atoms with Gasteiger partial charge in [-0.05, 0) is 97.0 Å². The van der Waals surface area contributed by atoms with E-state index >= 15 is 0 Å². The molecule has 5 rings (SSSR count). The molecule has 0 radical (unpaired) electrons. The third-order valence-electron chi connectivity index (χ3n) is 10.0. The van der Waals surface area contributed by atoms with Crippen LogP contribution in [-0.2, 0) is 14.4 Å². The summed E-state index contributed by atoms with van der Waals surface area (Å²) in [6.45, 7) is 3.23. The van der Waals surface area contributed by atoms with E-state index in [1.807, 2.05) is 73.8 Å². The van der Waals surface area contributed by atoms with Crippen LogP contribution in [0.25, 0.3) is 10.8 Å². The van der Waals surface area contributed by atoms with E-state index < -0.39 is 36.4 Å². The number of hydrogen-bond acceptors (Lipinski definition) is 8. The van der Waals surface area contributed by atoms with Crippen LogP contribution in [0.15, 0.2) is 78.9 Å². The van der Waals surface area contributed by atoms with Gasteiger partial charge in [-0.15, -0.1) is 0 Å². The highest BCUT2D eigenvalue weighted by Gasteiger charge is 2.40. The number of amides is 3. The Balaban J connectivity index is 0.000000492. The zero-order chi connectivity index (χ0) is 42.6. The number of carboxylic acid groups (broad SMARTS) is 3. The van der Waals surface area contributed by atoms with Gasteiger partial charge in [0.15, 0.2) is 5.60 Å². The number of hydrogen-bond donors (Lipinski definition) is 6. The fourth-order valence-electron chi connectivity index (χ4n) is 6.97. The average molecular weight is 835 g/mol. The van der Waals surface area contributed by atoms with Gasteiger partial charge in [0.05, 0.1) is 34.5 Å². The highest BCUT2D eigenvalue weighted by Crippen LogP contribution is 2.34. The molecule has 0 aliphatic carbocycles. The second-order valence-electron chi connectivity index (χ2n) is 14.1. The number of halogens is 2. The number of carbonyl (C=O) groups is 5. The first-order valence-corrected chi connectivity index (χ1v) is 19.1. The topological polar surface area (TPSA) is 221 Å². The van der Waals surface area contributed by atoms with Crippen molar-refractivity contribution in [2.24, 2.45) is 0 Å². The van der Waals surface area contributed by atoms with Gasteiger partial charge >= 0.3 is 23.9 Å². The van der Waals surface area contributed by atoms with Crippen molar-refractivity contribution >= 4 is 69.5 Å². The summed E-state index contributed by atoms with van der Waals surface area (Å²) in [5.74, 6) is -4.76. The number of nitrogens with one attached hydrogen (secondary N) is 2. The van der Waals surface area contributed by atoms with Gasteiger partial charge in [-0.2, -0.15) is 5.26 Å². The predicted octanol–water partition coefficient (Wildman–Crippen LogP) is 6.65. The van der Waals surface area contributed by atoms with Gasteiger partial charge in [0.1, 0.15) is 0 Å². The number of para-hydroxylation sites is 1. The Bertz CT molecular complexity index is 2170. The average Bonchev–Trinajstić information content (AvgIpc) is 3.19. The number of nitrogens with zero attached hydrogens (tertiary/aromatic N) is 3. The number of rotatable bonds is 14. The lowest BCUT2D eigenvalue weighted by atomic mass is 9.87. The first kappa shape index (κ1) is 45.0. The maximum absolute atomic E-state index is 13.8. The zero-order valence-electron chi connectivity index (χ0n) is 32.0. The van der Waals surface area contributed by atoms with Crippen molar-refractivity contribution in [3.05, 3.63) is 111 Å². The normalized spacial score (nSPS) is 13.7.